The monoisotopic (exact) mass is 510 g/mol. The predicted molar refractivity (Wildman–Crippen MR) is 145 cm³/mol. The first-order chi connectivity index (χ1) is 18.1. The summed E-state index contributed by atoms with van der Waals surface area (Å²) in [5.74, 6) is 2.10. The van der Waals surface area contributed by atoms with E-state index in [9.17, 15) is 4.79 Å². The number of rotatable bonds is 5. The molecule has 7 heteroatoms. The van der Waals surface area contributed by atoms with Crippen molar-refractivity contribution in [2.45, 2.75) is 18.9 Å². The average molecular weight is 511 g/mol. The van der Waals surface area contributed by atoms with Gasteiger partial charge in [0.2, 0.25) is 0 Å². The van der Waals surface area contributed by atoms with Gasteiger partial charge in [-0.05, 0) is 59.9 Å². The summed E-state index contributed by atoms with van der Waals surface area (Å²) >= 11 is 1.40. The third-order valence-corrected chi connectivity index (χ3v) is 7.99. The number of thiazole rings is 1. The topological polar surface area (TPSA) is 62.0 Å². The number of hydrogen-bond acceptors (Lipinski definition) is 6. The third-order valence-electron chi connectivity index (χ3n) is 7.01. The maximum absolute atomic E-state index is 14.0. The second-order valence-corrected chi connectivity index (χ2v) is 10.0. The second-order valence-electron chi connectivity index (χ2n) is 9.00. The van der Waals surface area contributed by atoms with E-state index in [-0.39, 0.29) is 11.6 Å². The van der Waals surface area contributed by atoms with Gasteiger partial charge in [-0.15, -0.1) is 0 Å². The van der Waals surface area contributed by atoms with Gasteiger partial charge >= 0.3 is 0 Å². The Morgan fingerprint density at radius 1 is 0.919 bits per heavy atom. The van der Waals surface area contributed by atoms with Crippen LogP contribution in [0.15, 0.2) is 82.1 Å². The molecule has 37 heavy (non-hydrogen) atoms. The molecular formula is C30H26N2O4S. The Balaban J connectivity index is 1.61. The Kier molecular flexibility index (Phi) is 5.93. The van der Waals surface area contributed by atoms with Crippen LogP contribution in [-0.4, -0.2) is 25.9 Å². The molecule has 0 fully saturated rings. The fourth-order valence-corrected chi connectivity index (χ4v) is 6.20. The van der Waals surface area contributed by atoms with Gasteiger partial charge in [-0.25, -0.2) is 4.99 Å². The molecule has 0 N–H and O–H groups in total. The van der Waals surface area contributed by atoms with Crippen molar-refractivity contribution in [2.24, 2.45) is 4.99 Å². The number of ether oxygens (including phenoxy) is 3. The van der Waals surface area contributed by atoms with Crippen molar-refractivity contribution < 1.29 is 14.2 Å². The van der Waals surface area contributed by atoms with Crippen molar-refractivity contribution in [3.63, 3.8) is 0 Å². The molecule has 1 aromatic heterocycles. The van der Waals surface area contributed by atoms with Gasteiger partial charge in [0.05, 0.1) is 37.6 Å². The maximum Gasteiger partial charge on any atom is 0.271 e. The zero-order valence-electron chi connectivity index (χ0n) is 20.9. The van der Waals surface area contributed by atoms with Crippen LogP contribution in [-0.2, 0) is 6.42 Å². The summed E-state index contributed by atoms with van der Waals surface area (Å²) in [6, 6.07) is 21.7. The molecule has 186 valence electrons. The van der Waals surface area contributed by atoms with E-state index in [2.05, 4.69) is 30.3 Å². The first-order valence-corrected chi connectivity index (χ1v) is 12.9. The quantitative estimate of drug-likeness (QED) is 0.401. The molecule has 1 aliphatic carbocycles. The van der Waals surface area contributed by atoms with Crippen LogP contribution in [0.1, 0.15) is 34.7 Å². The molecule has 6 rings (SSSR count). The van der Waals surface area contributed by atoms with Crippen LogP contribution in [0.25, 0.3) is 11.8 Å². The molecule has 0 bridgehead atoms. The Labute approximate surface area is 218 Å². The zero-order chi connectivity index (χ0) is 25.5. The molecule has 0 spiro atoms. The Morgan fingerprint density at radius 2 is 1.73 bits per heavy atom. The summed E-state index contributed by atoms with van der Waals surface area (Å²) < 4.78 is 18.9. The molecule has 0 saturated carbocycles. The van der Waals surface area contributed by atoms with E-state index in [1.165, 1.54) is 16.9 Å². The van der Waals surface area contributed by atoms with Crippen molar-refractivity contribution in [3.8, 4) is 17.2 Å². The smallest absolute Gasteiger partial charge is 0.271 e. The lowest BCUT2D eigenvalue weighted by Crippen LogP contribution is -2.38. The van der Waals surface area contributed by atoms with Crippen LogP contribution in [0.3, 0.4) is 0 Å². The van der Waals surface area contributed by atoms with Crippen molar-refractivity contribution in [3.05, 3.63) is 114 Å². The normalized spacial score (nSPS) is 16.4. The molecule has 6 nitrogen and oxygen atoms in total. The fraction of sp³-hybridized carbons (Fsp3) is 0.200. The molecule has 2 aliphatic rings. The molecule has 3 aromatic carbocycles. The van der Waals surface area contributed by atoms with E-state index in [0.29, 0.717) is 20.8 Å². The van der Waals surface area contributed by atoms with Gasteiger partial charge in [-0.1, -0.05) is 47.7 Å². The minimum Gasteiger partial charge on any atom is -0.497 e. The average Bonchev–Trinajstić information content (AvgIpc) is 3.26. The van der Waals surface area contributed by atoms with Crippen LogP contribution >= 0.6 is 11.3 Å². The summed E-state index contributed by atoms with van der Waals surface area (Å²) in [7, 11) is 4.89. The highest BCUT2D eigenvalue weighted by Crippen LogP contribution is 2.41. The first-order valence-electron chi connectivity index (χ1n) is 12.1. The molecule has 0 amide bonds. The number of hydrogen-bond donors (Lipinski definition) is 0. The first kappa shape index (κ1) is 23.3. The van der Waals surface area contributed by atoms with Gasteiger partial charge < -0.3 is 14.2 Å². The molecule has 2 heterocycles. The number of allylic oxidation sites excluding steroid dienone is 1. The van der Waals surface area contributed by atoms with E-state index in [0.717, 1.165) is 46.6 Å². The van der Waals surface area contributed by atoms with Crippen LogP contribution < -0.4 is 29.1 Å². The lowest BCUT2D eigenvalue weighted by atomic mass is 9.83. The number of methoxy groups -OCH3 is 3. The van der Waals surface area contributed by atoms with Crippen LogP contribution in [0.4, 0.5) is 0 Å². The van der Waals surface area contributed by atoms with Gasteiger partial charge in [-0.3, -0.25) is 9.36 Å². The number of benzene rings is 3. The lowest BCUT2D eigenvalue weighted by molar-refractivity contribution is 0.393. The third kappa shape index (κ3) is 3.96. The number of nitrogens with zero attached hydrogens (tertiary/aromatic N) is 2. The minimum atomic E-state index is -0.255. The molecule has 1 atom stereocenters. The summed E-state index contributed by atoms with van der Waals surface area (Å²) in [6.45, 7) is 0. The van der Waals surface area contributed by atoms with Crippen LogP contribution in [0, 0.1) is 0 Å². The highest BCUT2D eigenvalue weighted by Gasteiger charge is 2.32. The van der Waals surface area contributed by atoms with Gasteiger partial charge in [0.15, 0.2) is 4.80 Å². The fourth-order valence-electron chi connectivity index (χ4n) is 5.21. The number of fused-ring (bicyclic) bond motifs is 3. The van der Waals surface area contributed by atoms with E-state index < -0.39 is 0 Å². The predicted octanol–water partition coefficient (Wildman–Crippen LogP) is 4.34. The van der Waals surface area contributed by atoms with Crippen LogP contribution in [0.2, 0.25) is 0 Å². The van der Waals surface area contributed by atoms with Gasteiger partial charge in [0.25, 0.3) is 5.56 Å². The zero-order valence-corrected chi connectivity index (χ0v) is 21.7. The summed E-state index contributed by atoms with van der Waals surface area (Å²) in [5, 5.41) is 0. The molecule has 1 aliphatic heterocycles. The summed E-state index contributed by atoms with van der Waals surface area (Å²) in [6.07, 6.45) is 3.63. The summed E-state index contributed by atoms with van der Waals surface area (Å²) in [5.41, 5.74) is 6.32. The Hall–Kier alpha value is -4.10. The maximum atomic E-state index is 14.0. The molecule has 0 saturated heterocycles. The van der Waals surface area contributed by atoms with E-state index in [4.69, 9.17) is 19.2 Å². The van der Waals surface area contributed by atoms with Crippen molar-refractivity contribution >= 4 is 23.1 Å². The second kappa shape index (κ2) is 9.41. The van der Waals surface area contributed by atoms with Gasteiger partial charge in [0, 0.05) is 17.2 Å². The Morgan fingerprint density at radius 3 is 2.54 bits per heavy atom. The van der Waals surface area contributed by atoms with Crippen LogP contribution in [0.5, 0.6) is 17.2 Å². The molecule has 0 radical (unpaired) electrons. The van der Waals surface area contributed by atoms with E-state index >= 15 is 0 Å². The summed E-state index contributed by atoms with van der Waals surface area (Å²) in [4.78, 5) is 19.7. The number of aromatic nitrogens is 1. The molecular weight excluding hydrogens is 484 g/mol. The highest BCUT2D eigenvalue weighted by molar-refractivity contribution is 7.07. The SMILES string of the molecule is COc1cccc(C2C3=C(N=c4sc(=Cc5ccc(OC)cc5OC)c(=O)n42)c2ccccc2CC3)c1. The lowest BCUT2D eigenvalue weighted by Gasteiger charge is -2.31. The van der Waals surface area contributed by atoms with Crippen molar-refractivity contribution in [1.29, 1.82) is 0 Å². The number of aryl methyl sites for hydroxylation is 1. The van der Waals surface area contributed by atoms with Crippen molar-refractivity contribution in [2.75, 3.05) is 21.3 Å². The van der Waals surface area contributed by atoms with Gasteiger partial charge in [0.1, 0.15) is 17.2 Å². The largest absolute Gasteiger partial charge is 0.497 e. The van der Waals surface area contributed by atoms with E-state index in [1.807, 2.05) is 47.0 Å². The Bertz CT molecular complexity index is 1730. The van der Waals surface area contributed by atoms with E-state index in [1.54, 1.807) is 21.3 Å². The molecule has 4 aromatic rings. The minimum absolute atomic E-state index is 0.0696. The standard InChI is InChI=1S/C30H26N2O4S/c1-34-21-9-6-8-20(15-21)28-24-14-12-18-7-4-5-10-23(18)27(24)31-30-32(28)29(33)26(37-30)16-19-11-13-22(35-2)17-25(19)36-3/h4-11,13,15-17,28H,12,14H2,1-3H3. The highest BCUT2D eigenvalue weighted by atomic mass is 32.1. The van der Waals surface area contributed by atoms with Gasteiger partial charge in [-0.2, -0.15) is 0 Å². The van der Waals surface area contributed by atoms with Crippen molar-refractivity contribution in [1.82, 2.24) is 4.57 Å². The molecule has 1 unspecified atom stereocenters.